The maximum atomic E-state index is 13.3. The number of carbonyl (C=O) groups excluding carboxylic acids is 3. The van der Waals surface area contributed by atoms with Crippen LogP contribution in [0.5, 0.6) is 0 Å². The average molecular weight is 579 g/mol. The van der Waals surface area contributed by atoms with Crippen LogP contribution in [0.2, 0.25) is 0 Å². The van der Waals surface area contributed by atoms with Crippen LogP contribution in [0, 0.1) is 13.8 Å². The van der Waals surface area contributed by atoms with Crippen LogP contribution in [0.3, 0.4) is 0 Å². The van der Waals surface area contributed by atoms with Gasteiger partial charge in [0, 0.05) is 41.6 Å². The van der Waals surface area contributed by atoms with E-state index in [1.807, 2.05) is 93.5 Å². The highest BCUT2D eigenvalue weighted by atomic mass is 32.2. The Labute approximate surface area is 251 Å². The number of carbonyl (C=O) groups is 3. The van der Waals surface area contributed by atoms with Gasteiger partial charge < -0.3 is 20.9 Å². The minimum Gasteiger partial charge on any atom is -0.378 e. The SMILES string of the molecule is Cc1cccc(C)c1NC(=O)CSc1ccc(NC(=O)/C(=C/c2ccc(N(C)C)cc2)NC(=O)c2ccccc2)cc1. The van der Waals surface area contributed by atoms with Gasteiger partial charge in [0.25, 0.3) is 11.8 Å². The molecule has 0 unspecified atom stereocenters. The number of para-hydroxylation sites is 1. The van der Waals surface area contributed by atoms with Crippen LogP contribution in [-0.2, 0) is 9.59 Å². The summed E-state index contributed by atoms with van der Waals surface area (Å²) in [5.74, 6) is -0.667. The monoisotopic (exact) mass is 578 g/mol. The maximum absolute atomic E-state index is 13.3. The number of rotatable bonds is 10. The lowest BCUT2D eigenvalue weighted by atomic mass is 10.1. The number of thioether (sulfide) groups is 1. The predicted molar refractivity (Wildman–Crippen MR) is 173 cm³/mol. The van der Waals surface area contributed by atoms with Crippen molar-refractivity contribution in [3.8, 4) is 0 Å². The van der Waals surface area contributed by atoms with Gasteiger partial charge in [0.05, 0.1) is 5.75 Å². The molecule has 0 atom stereocenters. The van der Waals surface area contributed by atoms with Crippen LogP contribution >= 0.6 is 11.8 Å². The largest absolute Gasteiger partial charge is 0.378 e. The number of hydrogen-bond donors (Lipinski definition) is 3. The highest BCUT2D eigenvalue weighted by Crippen LogP contribution is 2.23. The quantitative estimate of drug-likeness (QED) is 0.147. The van der Waals surface area contributed by atoms with Crippen molar-refractivity contribution in [2.45, 2.75) is 18.7 Å². The average Bonchev–Trinajstić information content (AvgIpc) is 2.99. The normalized spacial score (nSPS) is 11.0. The Morgan fingerprint density at radius 1 is 0.762 bits per heavy atom. The van der Waals surface area contributed by atoms with Gasteiger partial charge >= 0.3 is 0 Å². The minimum absolute atomic E-state index is 0.0858. The van der Waals surface area contributed by atoms with E-state index in [9.17, 15) is 14.4 Å². The van der Waals surface area contributed by atoms with E-state index < -0.39 is 5.91 Å². The lowest BCUT2D eigenvalue weighted by molar-refractivity contribution is -0.114. The summed E-state index contributed by atoms with van der Waals surface area (Å²) in [6.07, 6.45) is 1.65. The smallest absolute Gasteiger partial charge is 0.272 e. The van der Waals surface area contributed by atoms with Crippen LogP contribution in [0.1, 0.15) is 27.0 Å². The van der Waals surface area contributed by atoms with Crippen molar-refractivity contribution in [1.82, 2.24) is 5.32 Å². The molecular weight excluding hydrogens is 544 g/mol. The van der Waals surface area contributed by atoms with Crippen LogP contribution < -0.4 is 20.9 Å². The van der Waals surface area contributed by atoms with Crippen molar-refractivity contribution >= 4 is 52.6 Å². The van der Waals surface area contributed by atoms with Crippen LogP contribution in [-0.4, -0.2) is 37.6 Å². The summed E-state index contributed by atoms with van der Waals surface area (Å²) >= 11 is 1.41. The molecule has 214 valence electrons. The van der Waals surface area contributed by atoms with Crippen molar-refractivity contribution in [1.29, 1.82) is 0 Å². The molecule has 4 aromatic carbocycles. The third-order valence-corrected chi connectivity index (χ3v) is 7.49. The number of nitrogens with one attached hydrogen (secondary N) is 3. The number of hydrogen-bond acceptors (Lipinski definition) is 5. The number of amides is 3. The standard InChI is InChI=1S/C34H34N4O3S/c1-23-9-8-10-24(2)32(23)37-31(39)22-42-29-19-15-27(16-20-29)35-34(41)30(36-33(40)26-11-6-5-7-12-26)21-25-13-17-28(18-14-25)38(3)4/h5-21H,22H2,1-4H3,(H,35,41)(H,36,40)(H,37,39)/b30-21-. The fraction of sp³-hybridized carbons (Fsp3) is 0.147. The summed E-state index contributed by atoms with van der Waals surface area (Å²) in [6.45, 7) is 3.94. The molecule has 4 aromatic rings. The van der Waals surface area contributed by atoms with Gasteiger partial charge in [-0.15, -0.1) is 11.8 Å². The van der Waals surface area contributed by atoms with Crippen molar-refractivity contribution < 1.29 is 14.4 Å². The minimum atomic E-state index is -0.454. The van der Waals surface area contributed by atoms with E-state index in [0.717, 1.165) is 33.0 Å². The fourth-order valence-electron chi connectivity index (χ4n) is 4.15. The first-order valence-electron chi connectivity index (χ1n) is 13.5. The lowest BCUT2D eigenvalue weighted by Gasteiger charge is -2.14. The molecule has 7 nitrogen and oxygen atoms in total. The van der Waals surface area contributed by atoms with Gasteiger partial charge in [-0.05, 0) is 85.1 Å². The molecule has 0 bridgehead atoms. The second-order valence-electron chi connectivity index (χ2n) is 9.95. The molecule has 0 aromatic heterocycles. The molecule has 0 radical (unpaired) electrons. The van der Waals surface area contributed by atoms with Crippen molar-refractivity contribution in [2.75, 3.05) is 35.4 Å². The van der Waals surface area contributed by atoms with Crippen molar-refractivity contribution in [2.24, 2.45) is 0 Å². The van der Waals surface area contributed by atoms with E-state index in [1.165, 1.54) is 11.8 Å². The fourth-order valence-corrected chi connectivity index (χ4v) is 4.85. The number of benzene rings is 4. The van der Waals surface area contributed by atoms with Crippen molar-refractivity contribution in [3.05, 3.63) is 125 Å². The molecule has 0 aliphatic carbocycles. The van der Waals surface area contributed by atoms with Gasteiger partial charge in [-0.25, -0.2) is 0 Å². The molecule has 0 saturated heterocycles. The van der Waals surface area contributed by atoms with E-state index in [0.29, 0.717) is 11.3 Å². The Hall–Kier alpha value is -4.82. The zero-order valence-corrected chi connectivity index (χ0v) is 24.9. The maximum Gasteiger partial charge on any atom is 0.272 e. The summed E-state index contributed by atoms with van der Waals surface area (Å²) in [5.41, 5.74) is 5.80. The Kier molecular flexibility index (Phi) is 10.2. The van der Waals surface area contributed by atoms with Gasteiger partial charge in [0.15, 0.2) is 0 Å². The van der Waals surface area contributed by atoms with Gasteiger partial charge in [0.1, 0.15) is 5.70 Å². The first kappa shape index (κ1) is 30.1. The third-order valence-electron chi connectivity index (χ3n) is 6.48. The Morgan fingerprint density at radius 3 is 2.02 bits per heavy atom. The van der Waals surface area contributed by atoms with E-state index in [4.69, 9.17) is 0 Å². The van der Waals surface area contributed by atoms with Gasteiger partial charge in [-0.2, -0.15) is 0 Å². The molecule has 3 N–H and O–H groups in total. The first-order chi connectivity index (χ1) is 20.2. The topological polar surface area (TPSA) is 90.5 Å². The summed E-state index contributed by atoms with van der Waals surface area (Å²) < 4.78 is 0. The van der Waals surface area contributed by atoms with Gasteiger partial charge in [-0.3, -0.25) is 14.4 Å². The van der Waals surface area contributed by atoms with Crippen LogP contribution in [0.4, 0.5) is 17.1 Å². The summed E-state index contributed by atoms with van der Waals surface area (Å²) in [6, 6.07) is 29.5. The van der Waals surface area contributed by atoms with E-state index in [-0.39, 0.29) is 23.3 Å². The Morgan fingerprint density at radius 2 is 1.40 bits per heavy atom. The molecule has 4 rings (SSSR count). The molecule has 0 saturated carbocycles. The number of aryl methyl sites for hydroxylation is 2. The van der Waals surface area contributed by atoms with E-state index in [1.54, 1.807) is 42.5 Å². The second kappa shape index (κ2) is 14.2. The molecule has 3 amide bonds. The number of anilines is 3. The summed E-state index contributed by atoms with van der Waals surface area (Å²) in [5, 5.41) is 8.62. The summed E-state index contributed by atoms with van der Waals surface area (Å²) in [7, 11) is 3.91. The van der Waals surface area contributed by atoms with E-state index in [2.05, 4.69) is 16.0 Å². The molecule has 0 aliphatic heterocycles. The molecule has 0 fully saturated rings. The third kappa shape index (κ3) is 8.34. The van der Waals surface area contributed by atoms with Crippen LogP contribution in [0.15, 0.2) is 108 Å². The molecule has 8 heteroatoms. The second-order valence-corrected chi connectivity index (χ2v) is 11.0. The molecule has 0 spiro atoms. The molecule has 42 heavy (non-hydrogen) atoms. The predicted octanol–water partition coefficient (Wildman–Crippen LogP) is 6.51. The Balaban J connectivity index is 1.42. The highest BCUT2D eigenvalue weighted by molar-refractivity contribution is 8.00. The molecular formula is C34H34N4O3S. The zero-order chi connectivity index (χ0) is 30.1. The first-order valence-corrected chi connectivity index (χ1v) is 14.4. The molecule has 0 aliphatic rings. The number of nitrogens with zero attached hydrogens (tertiary/aromatic N) is 1. The van der Waals surface area contributed by atoms with Gasteiger partial charge in [-0.1, -0.05) is 48.5 Å². The zero-order valence-electron chi connectivity index (χ0n) is 24.1. The van der Waals surface area contributed by atoms with Crippen molar-refractivity contribution in [3.63, 3.8) is 0 Å². The lowest BCUT2D eigenvalue weighted by Crippen LogP contribution is -2.30. The van der Waals surface area contributed by atoms with E-state index >= 15 is 0 Å². The summed E-state index contributed by atoms with van der Waals surface area (Å²) in [4.78, 5) is 41.6. The molecule has 0 heterocycles. The van der Waals surface area contributed by atoms with Crippen LogP contribution in [0.25, 0.3) is 6.08 Å². The Bertz CT molecular complexity index is 1560. The van der Waals surface area contributed by atoms with Gasteiger partial charge in [0.2, 0.25) is 5.91 Å². The highest BCUT2D eigenvalue weighted by Gasteiger charge is 2.15.